The molecule has 3 aromatic rings. The van der Waals surface area contributed by atoms with Crippen LogP contribution in [0, 0.1) is 0 Å². The number of benzene rings is 2. The monoisotopic (exact) mass is 380 g/mol. The lowest BCUT2D eigenvalue weighted by Gasteiger charge is -2.21. The molecule has 1 heterocycles. The molecule has 1 aromatic heterocycles. The Hall–Kier alpha value is -3.35. The molecule has 0 aliphatic rings. The van der Waals surface area contributed by atoms with Crippen molar-refractivity contribution in [2.45, 2.75) is 19.9 Å². The lowest BCUT2D eigenvalue weighted by Crippen LogP contribution is -2.40. The van der Waals surface area contributed by atoms with Crippen LogP contribution in [0.5, 0.6) is 5.75 Å². The molecule has 0 spiro atoms. The second-order valence-corrected chi connectivity index (χ2v) is 6.37. The number of carbonyl (C=O) groups excluding carboxylic acids is 1. The minimum Gasteiger partial charge on any atom is -0.497 e. The number of hydrogen-bond donors (Lipinski definition) is 2. The summed E-state index contributed by atoms with van der Waals surface area (Å²) in [6.45, 7) is 3.15. The third-order valence-electron chi connectivity index (χ3n) is 4.52. The average molecular weight is 380 g/mol. The van der Waals surface area contributed by atoms with Crippen molar-refractivity contribution in [1.29, 1.82) is 0 Å². The summed E-state index contributed by atoms with van der Waals surface area (Å²) in [5.41, 5.74) is 1.54. The van der Waals surface area contributed by atoms with E-state index in [1.165, 1.54) is 0 Å². The van der Waals surface area contributed by atoms with E-state index in [0.29, 0.717) is 29.8 Å². The Balaban J connectivity index is 1.59. The summed E-state index contributed by atoms with van der Waals surface area (Å²) in [7, 11) is 1.63. The van der Waals surface area contributed by atoms with Gasteiger partial charge in [0.15, 0.2) is 0 Å². The van der Waals surface area contributed by atoms with Crippen LogP contribution in [-0.4, -0.2) is 41.1 Å². The van der Waals surface area contributed by atoms with Crippen LogP contribution >= 0.6 is 0 Å². The number of para-hydroxylation sites is 1. The maximum atomic E-state index is 12.5. The molecular weight excluding hydrogens is 356 g/mol. The van der Waals surface area contributed by atoms with Gasteiger partial charge in [0.2, 0.25) is 0 Å². The number of methoxy groups -OCH3 is 1. The summed E-state index contributed by atoms with van der Waals surface area (Å²) < 4.78 is 5.14. The molecule has 3 rings (SSSR count). The van der Waals surface area contributed by atoms with Gasteiger partial charge in [-0.3, -0.25) is 4.79 Å². The predicted molar refractivity (Wildman–Crippen MR) is 109 cm³/mol. The second-order valence-electron chi connectivity index (χ2n) is 6.37. The molecule has 7 heteroatoms. The molecule has 0 saturated carbocycles. The van der Waals surface area contributed by atoms with Gasteiger partial charge in [-0.05, 0) is 43.2 Å². The number of amides is 2. The molecule has 146 valence electrons. The van der Waals surface area contributed by atoms with Crippen LogP contribution in [0.1, 0.15) is 18.3 Å². The predicted octanol–water partition coefficient (Wildman–Crippen LogP) is 2.71. The molecule has 7 nitrogen and oxygen atoms in total. The molecule has 0 atom stereocenters. The molecule has 0 saturated heterocycles. The van der Waals surface area contributed by atoms with Gasteiger partial charge >= 0.3 is 6.03 Å². The Morgan fingerprint density at radius 2 is 1.93 bits per heavy atom. The molecule has 0 fully saturated rings. The minimum absolute atomic E-state index is 0.188. The van der Waals surface area contributed by atoms with Crippen molar-refractivity contribution < 1.29 is 9.53 Å². The zero-order chi connectivity index (χ0) is 19.9. The van der Waals surface area contributed by atoms with Gasteiger partial charge in [-0.2, -0.15) is 0 Å². The smallest absolute Gasteiger partial charge is 0.317 e. The lowest BCUT2D eigenvalue weighted by atomic mass is 10.1. The van der Waals surface area contributed by atoms with E-state index in [0.717, 1.165) is 17.7 Å². The number of nitrogens with one attached hydrogen (secondary N) is 2. The summed E-state index contributed by atoms with van der Waals surface area (Å²) >= 11 is 0. The first kappa shape index (κ1) is 19.4. The van der Waals surface area contributed by atoms with Crippen LogP contribution < -0.4 is 15.6 Å². The minimum atomic E-state index is -0.198. The highest BCUT2D eigenvalue weighted by Gasteiger charge is 2.14. The molecular formula is C21H24N4O3. The number of ether oxygens (including phenoxy) is 1. The van der Waals surface area contributed by atoms with E-state index in [2.05, 4.69) is 15.3 Å². The zero-order valence-electron chi connectivity index (χ0n) is 16.1. The fourth-order valence-electron chi connectivity index (χ4n) is 2.94. The largest absolute Gasteiger partial charge is 0.497 e. The van der Waals surface area contributed by atoms with Gasteiger partial charge in [0, 0.05) is 13.1 Å². The van der Waals surface area contributed by atoms with Crippen molar-refractivity contribution in [3.63, 3.8) is 0 Å². The van der Waals surface area contributed by atoms with Crippen molar-refractivity contribution in [3.8, 4) is 5.75 Å². The SMILES string of the molecule is CCN(Cc1nc2ccccc2c(=O)[nH]1)C(=O)NCCc1ccc(OC)cc1. The van der Waals surface area contributed by atoms with Crippen molar-refractivity contribution in [2.75, 3.05) is 20.2 Å². The van der Waals surface area contributed by atoms with E-state index >= 15 is 0 Å². The van der Waals surface area contributed by atoms with Crippen molar-refractivity contribution >= 4 is 16.9 Å². The summed E-state index contributed by atoms with van der Waals surface area (Å²) in [6.07, 6.45) is 0.721. The Morgan fingerprint density at radius 1 is 1.18 bits per heavy atom. The van der Waals surface area contributed by atoms with Gasteiger partial charge in [0.25, 0.3) is 5.56 Å². The summed E-state index contributed by atoms with van der Waals surface area (Å²) in [5.74, 6) is 1.28. The number of fused-ring (bicyclic) bond motifs is 1. The van der Waals surface area contributed by atoms with Gasteiger partial charge in [0.1, 0.15) is 11.6 Å². The highest BCUT2D eigenvalue weighted by Crippen LogP contribution is 2.11. The van der Waals surface area contributed by atoms with Crippen LogP contribution in [0.4, 0.5) is 4.79 Å². The number of H-pyrrole nitrogens is 1. The van der Waals surface area contributed by atoms with Crippen molar-refractivity contribution in [3.05, 3.63) is 70.3 Å². The van der Waals surface area contributed by atoms with Crippen molar-refractivity contribution in [2.24, 2.45) is 0 Å². The molecule has 2 amide bonds. The number of hydrogen-bond acceptors (Lipinski definition) is 4. The molecule has 0 unspecified atom stereocenters. The third kappa shape index (κ3) is 4.68. The summed E-state index contributed by atoms with van der Waals surface area (Å²) in [6, 6.07) is 14.7. The first-order valence-corrected chi connectivity index (χ1v) is 9.24. The number of carbonyl (C=O) groups is 1. The van der Waals surface area contributed by atoms with E-state index in [-0.39, 0.29) is 18.1 Å². The molecule has 0 aliphatic heterocycles. The molecule has 2 aromatic carbocycles. The number of rotatable bonds is 7. The maximum Gasteiger partial charge on any atom is 0.317 e. The van der Waals surface area contributed by atoms with Crippen LogP contribution in [0.3, 0.4) is 0 Å². The third-order valence-corrected chi connectivity index (χ3v) is 4.52. The topological polar surface area (TPSA) is 87.3 Å². The molecule has 0 bridgehead atoms. The molecule has 2 N–H and O–H groups in total. The second kappa shape index (κ2) is 9.03. The molecule has 0 aliphatic carbocycles. The van der Waals surface area contributed by atoms with E-state index < -0.39 is 0 Å². The van der Waals surface area contributed by atoms with Gasteiger partial charge in [-0.25, -0.2) is 9.78 Å². The van der Waals surface area contributed by atoms with Gasteiger partial charge in [0.05, 0.1) is 24.6 Å². The van der Waals surface area contributed by atoms with Crippen LogP contribution in [0.2, 0.25) is 0 Å². The average Bonchev–Trinajstić information content (AvgIpc) is 2.72. The quantitative estimate of drug-likeness (QED) is 0.660. The zero-order valence-corrected chi connectivity index (χ0v) is 16.1. The van der Waals surface area contributed by atoms with E-state index in [4.69, 9.17) is 4.74 Å². The maximum absolute atomic E-state index is 12.5. The van der Waals surface area contributed by atoms with Gasteiger partial charge in [-0.1, -0.05) is 24.3 Å². The van der Waals surface area contributed by atoms with Crippen molar-refractivity contribution in [1.82, 2.24) is 20.2 Å². The van der Waals surface area contributed by atoms with Gasteiger partial charge < -0.3 is 19.9 Å². The lowest BCUT2D eigenvalue weighted by molar-refractivity contribution is 0.197. The number of aromatic amines is 1. The summed E-state index contributed by atoms with van der Waals surface area (Å²) in [4.78, 5) is 33.5. The Bertz CT molecular complexity index is 998. The molecule has 28 heavy (non-hydrogen) atoms. The van der Waals surface area contributed by atoms with E-state index in [9.17, 15) is 9.59 Å². The Labute approximate surface area is 163 Å². The first-order valence-electron chi connectivity index (χ1n) is 9.24. The Kier molecular flexibility index (Phi) is 6.26. The number of nitrogens with zero attached hydrogens (tertiary/aromatic N) is 2. The summed E-state index contributed by atoms with van der Waals surface area (Å²) in [5, 5.41) is 3.46. The highest BCUT2D eigenvalue weighted by atomic mass is 16.5. The van der Waals surface area contributed by atoms with Crippen LogP contribution in [-0.2, 0) is 13.0 Å². The van der Waals surface area contributed by atoms with E-state index in [1.807, 2.05) is 37.3 Å². The fourth-order valence-corrected chi connectivity index (χ4v) is 2.94. The van der Waals surface area contributed by atoms with Crippen LogP contribution in [0.25, 0.3) is 10.9 Å². The first-order chi connectivity index (χ1) is 13.6. The fraction of sp³-hybridized carbons (Fsp3) is 0.286. The van der Waals surface area contributed by atoms with Gasteiger partial charge in [-0.15, -0.1) is 0 Å². The normalized spacial score (nSPS) is 10.6. The van der Waals surface area contributed by atoms with Crippen LogP contribution in [0.15, 0.2) is 53.3 Å². The number of urea groups is 1. The Morgan fingerprint density at radius 3 is 2.64 bits per heavy atom. The van der Waals surface area contributed by atoms with E-state index in [1.54, 1.807) is 30.2 Å². The highest BCUT2D eigenvalue weighted by molar-refractivity contribution is 5.77. The standard InChI is InChI=1S/C21H24N4O3/c1-3-25(14-19-23-18-7-5-4-6-17(18)20(26)24-19)21(27)22-13-12-15-8-10-16(28-2)11-9-15/h4-11H,3,12-14H2,1-2H3,(H,22,27)(H,23,24,26). The molecule has 0 radical (unpaired) electrons. The number of aromatic nitrogens is 2.